The van der Waals surface area contributed by atoms with E-state index < -0.39 is 5.97 Å². The number of nitrogens with one attached hydrogen (secondary N) is 1. The van der Waals surface area contributed by atoms with Gasteiger partial charge in [0.2, 0.25) is 0 Å². The van der Waals surface area contributed by atoms with Gasteiger partial charge >= 0.3 is 5.97 Å². The second-order valence-corrected chi connectivity index (χ2v) is 5.21. The monoisotopic (exact) mass is 267 g/mol. The fraction of sp³-hybridized carbons (Fsp3) is 0.500. The third-order valence-electron chi connectivity index (χ3n) is 3.44. The average Bonchev–Trinajstić information content (AvgIpc) is 2.57. The molecule has 1 saturated carbocycles. The molecule has 0 atom stereocenters. The number of hydrogen-bond donors (Lipinski definition) is 2. The Hall–Kier alpha value is -1.22. The molecule has 1 aliphatic carbocycles. The lowest BCUT2D eigenvalue weighted by Crippen LogP contribution is -2.20. The van der Waals surface area contributed by atoms with Crippen LogP contribution in [0, 0.1) is 0 Å². The van der Waals surface area contributed by atoms with Crippen molar-refractivity contribution in [2.45, 2.75) is 44.6 Å². The van der Waals surface area contributed by atoms with Crippen LogP contribution in [0.2, 0.25) is 5.02 Å². The van der Waals surface area contributed by atoms with E-state index in [1.807, 2.05) is 0 Å². The lowest BCUT2D eigenvalue weighted by molar-refractivity contribution is 0.0698. The van der Waals surface area contributed by atoms with Crippen LogP contribution in [-0.4, -0.2) is 17.1 Å². The average molecular weight is 268 g/mol. The first kappa shape index (κ1) is 13.2. The number of anilines is 1. The van der Waals surface area contributed by atoms with Gasteiger partial charge in [-0.05, 0) is 25.0 Å². The number of rotatable bonds is 3. The van der Waals surface area contributed by atoms with Gasteiger partial charge < -0.3 is 10.4 Å². The molecule has 0 spiro atoms. The highest BCUT2D eigenvalue weighted by atomic mass is 35.5. The number of carboxylic acid groups (broad SMARTS) is 1. The third-order valence-corrected chi connectivity index (χ3v) is 3.76. The van der Waals surface area contributed by atoms with Crippen molar-refractivity contribution in [3.05, 3.63) is 28.8 Å². The van der Waals surface area contributed by atoms with Gasteiger partial charge in [-0.2, -0.15) is 0 Å². The van der Waals surface area contributed by atoms with Crippen LogP contribution < -0.4 is 5.32 Å². The minimum atomic E-state index is -0.975. The predicted molar refractivity (Wildman–Crippen MR) is 73.5 cm³/mol. The van der Waals surface area contributed by atoms with Crippen molar-refractivity contribution in [2.75, 3.05) is 5.32 Å². The van der Waals surface area contributed by atoms with Crippen molar-refractivity contribution in [3.8, 4) is 0 Å². The van der Waals surface area contributed by atoms with Crippen LogP contribution in [0.4, 0.5) is 5.69 Å². The van der Waals surface area contributed by atoms with Crippen LogP contribution in [0.25, 0.3) is 0 Å². The first-order valence-corrected chi connectivity index (χ1v) is 6.84. The third kappa shape index (κ3) is 3.16. The molecule has 1 aromatic carbocycles. The molecule has 3 nitrogen and oxygen atoms in total. The maximum absolute atomic E-state index is 11.2. The first-order valence-electron chi connectivity index (χ1n) is 6.47. The van der Waals surface area contributed by atoms with E-state index in [1.54, 1.807) is 18.2 Å². The van der Waals surface area contributed by atoms with E-state index in [2.05, 4.69) is 5.32 Å². The minimum Gasteiger partial charge on any atom is -0.478 e. The number of benzene rings is 1. The predicted octanol–water partition coefficient (Wildman–Crippen LogP) is 4.17. The topological polar surface area (TPSA) is 49.3 Å². The van der Waals surface area contributed by atoms with Gasteiger partial charge in [0.05, 0.1) is 10.7 Å². The Morgan fingerprint density at radius 2 is 1.89 bits per heavy atom. The lowest BCUT2D eigenvalue weighted by atomic mass is 10.1. The Bertz CT molecular complexity index is 426. The van der Waals surface area contributed by atoms with Crippen LogP contribution in [0.3, 0.4) is 0 Å². The molecule has 2 N–H and O–H groups in total. The normalized spacial score (nSPS) is 17.2. The van der Waals surface area contributed by atoms with Crippen LogP contribution in [0.1, 0.15) is 48.9 Å². The molecule has 0 heterocycles. The Kier molecular flexibility index (Phi) is 4.48. The van der Waals surface area contributed by atoms with Gasteiger partial charge in [0.25, 0.3) is 0 Å². The number of carbonyl (C=O) groups is 1. The molecule has 0 aromatic heterocycles. The summed E-state index contributed by atoms with van der Waals surface area (Å²) in [7, 11) is 0. The van der Waals surface area contributed by atoms with E-state index in [4.69, 9.17) is 11.6 Å². The van der Waals surface area contributed by atoms with Gasteiger partial charge in [-0.15, -0.1) is 0 Å². The highest BCUT2D eigenvalue weighted by Gasteiger charge is 2.18. The molecule has 1 aromatic rings. The smallest absolute Gasteiger partial charge is 0.339 e. The highest BCUT2D eigenvalue weighted by molar-refractivity contribution is 6.34. The molecular formula is C14H18ClNO2. The fourth-order valence-electron chi connectivity index (χ4n) is 2.51. The van der Waals surface area contributed by atoms with Crippen molar-refractivity contribution in [3.63, 3.8) is 0 Å². The van der Waals surface area contributed by atoms with Crippen molar-refractivity contribution < 1.29 is 9.90 Å². The number of aromatic carboxylic acids is 1. The van der Waals surface area contributed by atoms with Crippen molar-refractivity contribution in [1.29, 1.82) is 0 Å². The zero-order chi connectivity index (χ0) is 13.0. The largest absolute Gasteiger partial charge is 0.478 e. The molecule has 0 radical (unpaired) electrons. The summed E-state index contributed by atoms with van der Waals surface area (Å²) in [5, 5.41) is 12.8. The van der Waals surface area contributed by atoms with E-state index in [-0.39, 0.29) is 5.56 Å². The van der Waals surface area contributed by atoms with E-state index in [1.165, 1.54) is 25.7 Å². The zero-order valence-electron chi connectivity index (χ0n) is 10.3. The molecule has 0 saturated heterocycles. The zero-order valence-corrected chi connectivity index (χ0v) is 11.0. The van der Waals surface area contributed by atoms with Gasteiger partial charge in [0.1, 0.15) is 5.56 Å². The van der Waals surface area contributed by atoms with Crippen LogP contribution in [-0.2, 0) is 0 Å². The molecule has 0 aliphatic heterocycles. The molecule has 1 aliphatic rings. The second-order valence-electron chi connectivity index (χ2n) is 4.80. The standard InChI is InChI=1S/C14H18ClNO2/c15-11-8-5-9-12(13(11)14(17)18)16-10-6-3-1-2-4-7-10/h5,8-10,16H,1-4,6-7H2,(H,17,18). The quantitative estimate of drug-likeness (QED) is 0.808. The van der Waals surface area contributed by atoms with E-state index in [9.17, 15) is 9.90 Å². The van der Waals surface area contributed by atoms with Crippen LogP contribution in [0.15, 0.2) is 18.2 Å². The summed E-state index contributed by atoms with van der Waals surface area (Å²) in [4.78, 5) is 11.2. The maximum Gasteiger partial charge on any atom is 0.339 e. The van der Waals surface area contributed by atoms with Gasteiger partial charge in [-0.25, -0.2) is 4.79 Å². The summed E-state index contributed by atoms with van der Waals surface area (Å²) < 4.78 is 0. The molecule has 1 fully saturated rings. The maximum atomic E-state index is 11.2. The number of hydrogen-bond acceptors (Lipinski definition) is 2. The Balaban J connectivity index is 2.17. The molecule has 0 amide bonds. The fourth-order valence-corrected chi connectivity index (χ4v) is 2.76. The number of halogens is 1. The summed E-state index contributed by atoms with van der Waals surface area (Å²) in [6, 6.07) is 5.56. The summed E-state index contributed by atoms with van der Waals surface area (Å²) in [6.45, 7) is 0. The first-order chi connectivity index (χ1) is 8.68. The van der Waals surface area contributed by atoms with Crippen molar-refractivity contribution in [1.82, 2.24) is 0 Å². The van der Waals surface area contributed by atoms with Gasteiger partial charge in [0.15, 0.2) is 0 Å². The summed E-state index contributed by atoms with van der Waals surface area (Å²) in [5.74, 6) is -0.975. The Morgan fingerprint density at radius 1 is 1.22 bits per heavy atom. The van der Waals surface area contributed by atoms with Crippen molar-refractivity contribution in [2.24, 2.45) is 0 Å². The SMILES string of the molecule is O=C(O)c1c(Cl)cccc1NC1CCCCCC1. The van der Waals surface area contributed by atoms with Gasteiger partial charge in [-0.1, -0.05) is 43.4 Å². The van der Waals surface area contributed by atoms with Gasteiger partial charge in [-0.3, -0.25) is 0 Å². The second kappa shape index (κ2) is 6.10. The summed E-state index contributed by atoms with van der Waals surface area (Å²) in [6.07, 6.45) is 7.18. The molecule has 0 bridgehead atoms. The molecule has 0 unspecified atom stereocenters. The minimum absolute atomic E-state index is 0.184. The molecule has 4 heteroatoms. The van der Waals surface area contributed by atoms with Gasteiger partial charge in [0, 0.05) is 6.04 Å². The van der Waals surface area contributed by atoms with Crippen LogP contribution >= 0.6 is 11.6 Å². The summed E-state index contributed by atoms with van der Waals surface area (Å²) in [5.41, 5.74) is 0.824. The molecule has 2 rings (SSSR count). The summed E-state index contributed by atoms with van der Waals surface area (Å²) >= 11 is 5.95. The molecule has 98 valence electrons. The highest BCUT2D eigenvalue weighted by Crippen LogP contribution is 2.27. The van der Waals surface area contributed by atoms with E-state index in [0.717, 1.165) is 12.8 Å². The Labute approximate surface area is 112 Å². The van der Waals surface area contributed by atoms with Crippen molar-refractivity contribution >= 4 is 23.3 Å². The molecule has 18 heavy (non-hydrogen) atoms. The Morgan fingerprint density at radius 3 is 2.50 bits per heavy atom. The molecular weight excluding hydrogens is 250 g/mol. The van der Waals surface area contributed by atoms with E-state index in [0.29, 0.717) is 16.8 Å². The number of carboxylic acids is 1. The lowest BCUT2D eigenvalue weighted by Gasteiger charge is -2.19. The van der Waals surface area contributed by atoms with E-state index >= 15 is 0 Å². The van der Waals surface area contributed by atoms with Crippen LogP contribution in [0.5, 0.6) is 0 Å².